The lowest BCUT2D eigenvalue weighted by atomic mass is 9.23. The van der Waals surface area contributed by atoms with Crippen LogP contribution in [0.3, 0.4) is 0 Å². The highest BCUT2D eigenvalue weighted by Crippen LogP contribution is 2.87. The van der Waals surface area contributed by atoms with Crippen molar-refractivity contribution >= 4 is 17.9 Å². The molecule has 296 valence electrons. The van der Waals surface area contributed by atoms with Crippen LogP contribution in [0.1, 0.15) is 111 Å². The van der Waals surface area contributed by atoms with E-state index in [9.17, 15) is 25.5 Å². The summed E-state index contributed by atoms with van der Waals surface area (Å²) in [6, 6.07) is 8.63. The smallest absolute Gasteiger partial charge is 0.159 e. The van der Waals surface area contributed by atoms with Crippen LogP contribution in [0.15, 0.2) is 48.1 Å². The fraction of sp³-hybridized carbons (Fsp3) is 0.735. The lowest BCUT2D eigenvalue weighted by molar-refractivity contribution is -0.339. The van der Waals surface area contributed by atoms with Crippen molar-refractivity contribution < 1.29 is 30.3 Å². The number of hydrogen-bond acceptors (Lipinski definition) is 6. The molecule has 4 bridgehead atoms. The number of aliphatic hydroxyl groups excluding tert-OH is 4. The molecule has 1 aromatic rings. The zero-order valence-corrected chi connectivity index (χ0v) is 33.5. The van der Waals surface area contributed by atoms with Gasteiger partial charge in [0.05, 0.1) is 30.5 Å². The standard InChI is InChI=1S/C49H64O6/c1-42(2)25-34-33-24-35(51)41-45(44(33,4)37-11-12-39(53)49(34)46(27-42)17-7-10-31(46)14-21-48(37,49)55)18-13-30-22-28-8-5-6-9-29(28)23-32(30)47(41)20-16-38(52)43(3,40(54)26-50)36(47)15-19-45/h5-6,8-9,14,21-24,30-32,34,36-41,50,52-55H,7,10-13,15-20,25-27H2,1-4H3/t30-,31-,32-,34-,36-,37+,38+,39-,40-,41+,43+,44+,45-,46-,47-,48+,49+/m1/s1. The highest BCUT2D eigenvalue weighted by molar-refractivity contribution is 5.96. The van der Waals surface area contributed by atoms with Crippen LogP contribution < -0.4 is 10.4 Å². The summed E-state index contributed by atoms with van der Waals surface area (Å²) < 4.78 is 0. The van der Waals surface area contributed by atoms with Crippen LogP contribution in [0.4, 0.5) is 0 Å². The molecule has 1 aromatic carbocycles. The number of ketones is 1. The van der Waals surface area contributed by atoms with E-state index in [1.807, 2.05) is 6.92 Å². The minimum absolute atomic E-state index is 0.0113. The summed E-state index contributed by atoms with van der Waals surface area (Å²) in [5.41, 5.74) is -3.39. The number of rotatable bonds is 2. The fourth-order valence-corrected chi connectivity index (χ4v) is 19.3. The predicted molar refractivity (Wildman–Crippen MR) is 211 cm³/mol. The van der Waals surface area contributed by atoms with Crippen molar-refractivity contribution in [2.24, 2.45) is 79.3 Å². The van der Waals surface area contributed by atoms with E-state index in [0.29, 0.717) is 25.2 Å². The monoisotopic (exact) mass is 748 g/mol. The van der Waals surface area contributed by atoms with Crippen molar-refractivity contribution in [3.8, 4) is 0 Å². The van der Waals surface area contributed by atoms with E-state index < -0.39 is 57.6 Å². The molecular formula is C49H64O6. The van der Waals surface area contributed by atoms with E-state index in [-0.39, 0.29) is 52.1 Å². The summed E-state index contributed by atoms with van der Waals surface area (Å²) >= 11 is 0. The van der Waals surface area contributed by atoms with Crippen molar-refractivity contribution in [3.63, 3.8) is 0 Å². The van der Waals surface area contributed by atoms with Crippen LogP contribution in [0, 0.1) is 79.3 Å². The maximum Gasteiger partial charge on any atom is 0.159 e. The molecule has 0 amide bonds. The third kappa shape index (κ3) is 3.70. The average molecular weight is 749 g/mol. The summed E-state index contributed by atoms with van der Waals surface area (Å²) in [4.78, 5) is 16.1. The maximum atomic E-state index is 16.1. The average Bonchev–Trinajstić information content (AvgIpc) is 3.53. The number of hydrogen-bond donors (Lipinski definition) is 5. The first-order valence-corrected chi connectivity index (χ1v) is 22.2. The van der Waals surface area contributed by atoms with E-state index in [1.165, 1.54) is 16.0 Å². The van der Waals surface area contributed by atoms with Crippen molar-refractivity contribution in [1.29, 1.82) is 0 Å². The summed E-state index contributed by atoms with van der Waals surface area (Å²) in [5.74, 6) is -0.0119. The van der Waals surface area contributed by atoms with Crippen molar-refractivity contribution in [3.05, 3.63) is 58.5 Å². The van der Waals surface area contributed by atoms with Crippen LogP contribution >= 0.6 is 0 Å². The maximum absolute atomic E-state index is 16.1. The highest BCUT2D eigenvalue weighted by atomic mass is 16.3. The Kier molecular flexibility index (Phi) is 7.16. The second-order valence-electron chi connectivity index (χ2n) is 22.3. The van der Waals surface area contributed by atoms with E-state index in [4.69, 9.17) is 0 Å². The van der Waals surface area contributed by atoms with Crippen LogP contribution in [0.25, 0.3) is 12.2 Å². The third-order valence-electron chi connectivity index (χ3n) is 20.7. The normalized spacial score (nSPS) is 55.3. The van der Waals surface area contributed by atoms with Gasteiger partial charge in [0.25, 0.3) is 0 Å². The fourth-order valence-electron chi connectivity index (χ4n) is 19.3. The minimum Gasteiger partial charge on any atom is -0.394 e. The topological polar surface area (TPSA) is 118 Å². The Balaban J connectivity index is 1.21. The van der Waals surface area contributed by atoms with Gasteiger partial charge in [-0.15, -0.1) is 0 Å². The second kappa shape index (κ2) is 10.9. The first-order chi connectivity index (χ1) is 26.1. The van der Waals surface area contributed by atoms with Crippen LogP contribution in [0.5, 0.6) is 0 Å². The molecule has 0 aliphatic heterocycles. The molecule has 11 rings (SSSR count). The summed E-state index contributed by atoms with van der Waals surface area (Å²) in [6.07, 6.45) is 20.2. The van der Waals surface area contributed by atoms with Gasteiger partial charge in [0.1, 0.15) is 0 Å². The molecule has 10 aliphatic rings. The summed E-state index contributed by atoms with van der Waals surface area (Å²) in [5, 5.41) is 63.6. The Bertz CT molecular complexity index is 2050. The van der Waals surface area contributed by atoms with Gasteiger partial charge in [-0.2, -0.15) is 0 Å². The van der Waals surface area contributed by atoms with Crippen LogP contribution in [-0.4, -0.2) is 61.8 Å². The van der Waals surface area contributed by atoms with Crippen LogP contribution in [-0.2, 0) is 4.79 Å². The molecule has 0 heterocycles. The number of benzene rings is 1. The van der Waals surface area contributed by atoms with E-state index in [2.05, 4.69) is 75.4 Å². The molecule has 3 spiro atoms. The van der Waals surface area contributed by atoms with Gasteiger partial charge in [-0.05, 0) is 145 Å². The summed E-state index contributed by atoms with van der Waals surface area (Å²) in [7, 11) is 0. The van der Waals surface area contributed by atoms with E-state index in [1.54, 1.807) is 0 Å². The van der Waals surface area contributed by atoms with Gasteiger partial charge < -0.3 is 25.5 Å². The van der Waals surface area contributed by atoms with Gasteiger partial charge in [0.2, 0.25) is 0 Å². The lowest BCUT2D eigenvalue weighted by Crippen LogP contribution is -2.82. The Morgan fingerprint density at radius 3 is 2.35 bits per heavy atom. The molecule has 0 aromatic heterocycles. The molecule has 5 N–H and O–H groups in total. The van der Waals surface area contributed by atoms with Gasteiger partial charge >= 0.3 is 0 Å². The number of carbonyl (C=O) groups excluding carboxylic acids is 1. The number of fused-ring (bicyclic) bond motifs is 5. The number of aliphatic hydroxyl groups is 5. The molecular weight excluding hydrogens is 685 g/mol. The molecule has 0 unspecified atom stereocenters. The minimum atomic E-state index is -1.19. The quantitative estimate of drug-likeness (QED) is 0.251. The van der Waals surface area contributed by atoms with Gasteiger partial charge in [-0.1, -0.05) is 88.3 Å². The third-order valence-corrected chi connectivity index (χ3v) is 20.7. The van der Waals surface area contributed by atoms with Gasteiger partial charge in [-0.3, -0.25) is 4.79 Å². The largest absolute Gasteiger partial charge is 0.394 e. The summed E-state index contributed by atoms with van der Waals surface area (Å²) in [6.45, 7) is 8.88. The van der Waals surface area contributed by atoms with Crippen molar-refractivity contribution in [2.75, 3.05) is 6.61 Å². The van der Waals surface area contributed by atoms with Gasteiger partial charge in [0, 0.05) is 28.1 Å². The first kappa shape index (κ1) is 36.0. The molecule has 7 fully saturated rings. The molecule has 0 radical (unpaired) electrons. The molecule has 7 saturated carbocycles. The molecule has 6 nitrogen and oxygen atoms in total. The SMILES string of the molecule is CC1(C)C[C@@H]2C3=CC(=O)[C@@H]4[C@@]56CC[C@H](O)[C@@](C)([C@H](O)CO)[C@H]5CC[C@@]4(CC[C@@H]4C=c5ccccc5=C[C@H]46)[C@]3(C)[C@@H]3CC[C@@H](O)[C@]24[C@]2(CCC[C@@H]2C=C[C@]34O)C1. The van der Waals surface area contributed by atoms with Crippen LogP contribution in [0.2, 0.25) is 0 Å². The Labute approximate surface area is 326 Å². The second-order valence-corrected chi connectivity index (χ2v) is 22.3. The van der Waals surface area contributed by atoms with Gasteiger partial charge in [0.15, 0.2) is 5.78 Å². The zero-order valence-electron chi connectivity index (χ0n) is 33.5. The lowest BCUT2D eigenvalue weighted by Gasteiger charge is -2.81. The Morgan fingerprint density at radius 1 is 0.836 bits per heavy atom. The molecule has 10 aliphatic carbocycles. The molecule has 0 saturated heterocycles. The highest BCUT2D eigenvalue weighted by Gasteiger charge is 2.86. The molecule has 17 atom stereocenters. The van der Waals surface area contributed by atoms with Crippen molar-refractivity contribution in [2.45, 2.75) is 135 Å². The number of carbonyl (C=O) groups is 1. The first-order valence-electron chi connectivity index (χ1n) is 22.2. The van der Waals surface area contributed by atoms with Gasteiger partial charge in [-0.25, -0.2) is 0 Å². The Morgan fingerprint density at radius 2 is 1.58 bits per heavy atom. The molecule has 55 heavy (non-hydrogen) atoms. The molecule has 6 heteroatoms. The van der Waals surface area contributed by atoms with E-state index in [0.717, 1.165) is 64.2 Å². The Hall–Kier alpha value is -2.09. The zero-order chi connectivity index (χ0) is 38.3. The number of allylic oxidation sites excluding steroid dienone is 3. The predicted octanol–water partition coefficient (Wildman–Crippen LogP) is 5.61. The van der Waals surface area contributed by atoms with Crippen molar-refractivity contribution in [1.82, 2.24) is 0 Å². The van der Waals surface area contributed by atoms with E-state index >= 15 is 4.79 Å².